The number of benzene rings is 1. The zero-order valence-electron chi connectivity index (χ0n) is 11.2. The number of nitriles is 1. The number of amides is 1. The number of carbonyl (C=O) groups excluding carboxylic acids is 1. The van der Waals surface area contributed by atoms with E-state index in [1.165, 1.54) is 35.6 Å². The molecule has 0 unspecified atom stereocenters. The Morgan fingerprint density at radius 1 is 1.40 bits per heavy atom. The fourth-order valence-electron chi connectivity index (χ4n) is 1.99. The van der Waals surface area contributed by atoms with E-state index in [0.717, 1.165) is 16.9 Å². The molecule has 1 aromatic carbocycles. The van der Waals surface area contributed by atoms with Gasteiger partial charge in [0, 0.05) is 10.4 Å². The molecular weight excluding hydrogens is 275 g/mol. The number of halogens is 1. The van der Waals surface area contributed by atoms with E-state index in [2.05, 4.69) is 11.4 Å². The van der Waals surface area contributed by atoms with Crippen molar-refractivity contribution in [2.75, 3.05) is 5.32 Å². The minimum absolute atomic E-state index is 0.342. The number of carbonyl (C=O) groups is 1. The lowest BCUT2D eigenvalue weighted by Gasteiger charge is -2.03. The molecule has 0 saturated heterocycles. The second-order valence-corrected chi connectivity index (χ2v) is 5.49. The molecule has 0 saturated carbocycles. The van der Waals surface area contributed by atoms with Crippen molar-refractivity contribution in [3.8, 4) is 6.07 Å². The first-order valence-electron chi connectivity index (χ1n) is 6.16. The van der Waals surface area contributed by atoms with E-state index < -0.39 is 0 Å². The molecule has 102 valence electrons. The first-order chi connectivity index (χ1) is 9.56. The highest BCUT2D eigenvalue weighted by atomic mass is 32.1. The van der Waals surface area contributed by atoms with Gasteiger partial charge >= 0.3 is 0 Å². The molecule has 2 aromatic rings. The van der Waals surface area contributed by atoms with Crippen LogP contribution in [0.15, 0.2) is 24.3 Å². The molecule has 3 nitrogen and oxygen atoms in total. The molecule has 5 heteroatoms. The van der Waals surface area contributed by atoms with Gasteiger partial charge in [-0.1, -0.05) is 6.92 Å². The number of thiophene rings is 1. The van der Waals surface area contributed by atoms with Crippen LogP contribution in [0, 0.1) is 24.1 Å². The molecular formula is C15H13FN2OS. The normalized spacial score (nSPS) is 10.1. The highest BCUT2D eigenvalue weighted by Gasteiger charge is 2.16. The summed E-state index contributed by atoms with van der Waals surface area (Å²) in [6.07, 6.45) is 0.748. The Bertz CT molecular complexity index is 683. The Labute approximate surface area is 120 Å². The quantitative estimate of drug-likeness (QED) is 0.931. The van der Waals surface area contributed by atoms with Gasteiger partial charge in [-0.05, 0) is 43.2 Å². The molecule has 2 rings (SSSR count). The smallest absolute Gasteiger partial charge is 0.256 e. The number of aryl methyl sites for hydroxylation is 1. The van der Waals surface area contributed by atoms with Crippen LogP contribution in [0.25, 0.3) is 0 Å². The second-order valence-electron chi connectivity index (χ2n) is 4.27. The van der Waals surface area contributed by atoms with Gasteiger partial charge < -0.3 is 5.32 Å². The zero-order valence-corrected chi connectivity index (χ0v) is 12.0. The summed E-state index contributed by atoms with van der Waals surface area (Å²) < 4.78 is 12.8. The van der Waals surface area contributed by atoms with Crippen molar-refractivity contribution in [2.24, 2.45) is 0 Å². The van der Waals surface area contributed by atoms with Gasteiger partial charge in [0.1, 0.15) is 16.9 Å². The molecule has 20 heavy (non-hydrogen) atoms. The van der Waals surface area contributed by atoms with Gasteiger partial charge in [-0.15, -0.1) is 11.3 Å². The molecule has 0 spiro atoms. The number of nitrogens with zero attached hydrogens (tertiary/aromatic N) is 1. The van der Waals surface area contributed by atoms with Gasteiger partial charge in [0.05, 0.1) is 5.56 Å². The largest absolute Gasteiger partial charge is 0.312 e. The van der Waals surface area contributed by atoms with Gasteiger partial charge in [-0.3, -0.25) is 4.79 Å². The fourth-order valence-corrected chi connectivity index (χ4v) is 3.08. The number of rotatable bonds is 3. The molecule has 1 amide bonds. The molecule has 0 atom stereocenters. The first kappa shape index (κ1) is 14.2. The van der Waals surface area contributed by atoms with Crippen LogP contribution in [0.4, 0.5) is 9.39 Å². The van der Waals surface area contributed by atoms with Crippen molar-refractivity contribution >= 4 is 22.2 Å². The second kappa shape index (κ2) is 5.85. The summed E-state index contributed by atoms with van der Waals surface area (Å²) in [4.78, 5) is 13.1. The summed E-state index contributed by atoms with van der Waals surface area (Å²) in [5.74, 6) is -0.732. The van der Waals surface area contributed by atoms with Crippen molar-refractivity contribution in [3.05, 3.63) is 51.7 Å². The van der Waals surface area contributed by atoms with Crippen LogP contribution in [0.3, 0.4) is 0 Å². The number of hydrogen-bond acceptors (Lipinski definition) is 3. The van der Waals surface area contributed by atoms with Crippen LogP contribution in [-0.4, -0.2) is 5.91 Å². The van der Waals surface area contributed by atoms with Crippen LogP contribution < -0.4 is 5.32 Å². The van der Waals surface area contributed by atoms with Crippen molar-refractivity contribution in [3.63, 3.8) is 0 Å². The Kier molecular flexibility index (Phi) is 4.16. The molecule has 0 aliphatic carbocycles. The number of nitrogens with one attached hydrogen (secondary N) is 1. The summed E-state index contributed by atoms with van der Waals surface area (Å²) in [6.45, 7) is 3.90. The molecule has 0 aliphatic rings. The van der Waals surface area contributed by atoms with Crippen LogP contribution in [0.5, 0.6) is 0 Å². The van der Waals surface area contributed by atoms with E-state index in [0.29, 0.717) is 16.1 Å². The predicted molar refractivity (Wildman–Crippen MR) is 77.5 cm³/mol. The lowest BCUT2D eigenvalue weighted by molar-refractivity contribution is 0.102. The van der Waals surface area contributed by atoms with Crippen LogP contribution in [0.1, 0.15) is 33.3 Å². The van der Waals surface area contributed by atoms with E-state index in [1.807, 2.05) is 13.8 Å². The SMILES string of the molecule is CCc1c(C)sc(NC(=O)c2ccc(F)cc2)c1C#N. The molecule has 1 aromatic heterocycles. The topological polar surface area (TPSA) is 52.9 Å². The summed E-state index contributed by atoms with van der Waals surface area (Å²) in [5, 5.41) is 12.5. The number of hydrogen-bond donors (Lipinski definition) is 1. The van der Waals surface area contributed by atoms with Crippen molar-refractivity contribution in [1.29, 1.82) is 5.26 Å². The third kappa shape index (κ3) is 2.70. The predicted octanol–water partition coefficient (Wildman–Crippen LogP) is 3.88. The van der Waals surface area contributed by atoms with Gasteiger partial charge in [0.25, 0.3) is 5.91 Å². The van der Waals surface area contributed by atoms with Crippen molar-refractivity contribution in [2.45, 2.75) is 20.3 Å². The lowest BCUT2D eigenvalue weighted by atomic mass is 10.1. The van der Waals surface area contributed by atoms with Crippen molar-refractivity contribution in [1.82, 2.24) is 0 Å². The maximum atomic E-state index is 12.8. The third-order valence-electron chi connectivity index (χ3n) is 3.01. The maximum Gasteiger partial charge on any atom is 0.256 e. The molecule has 0 aliphatic heterocycles. The Balaban J connectivity index is 2.29. The Morgan fingerprint density at radius 2 is 2.05 bits per heavy atom. The maximum absolute atomic E-state index is 12.8. The van der Waals surface area contributed by atoms with Gasteiger partial charge in [-0.2, -0.15) is 5.26 Å². The highest BCUT2D eigenvalue weighted by Crippen LogP contribution is 2.33. The number of anilines is 1. The molecule has 1 N–H and O–H groups in total. The van der Waals surface area contributed by atoms with E-state index >= 15 is 0 Å². The van der Waals surface area contributed by atoms with Gasteiger partial charge in [0.15, 0.2) is 0 Å². The first-order valence-corrected chi connectivity index (χ1v) is 6.97. The monoisotopic (exact) mass is 288 g/mol. The standard InChI is InChI=1S/C15H13FN2OS/c1-3-12-9(2)20-15(13(12)8-17)18-14(19)10-4-6-11(16)7-5-10/h4-7H,3H2,1-2H3,(H,18,19). The Morgan fingerprint density at radius 3 is 2.60 bits per heavy atom. The average molecular weight is 288 g/mol. The highest BCUT2D eigenvalue weighted by molar-refractivity contribution is 7.16. The fraction of sp³-hybridized carbons (Fsp3) is 0.200. The van der Waals surface area contributed by atoms with Crippen LogP contribution in [-0.2, 0) is 6.42 Å². The van der Waals surface area contributed by atoms with E-state index in [9.17, 15) is 14.4 Å². The third-order valence-corrected chi connectivity index (χ3v) is 4.07. The van der Waals surface area contributed by atoms with E-state index in [-0.39, 0.29) is 11.7 Å². The van der Waals surface area contributed by atoms with Gasteiger partial charge in [0.2, 0.25) is 0 Å². The minimum atomic E-state index is -0.389. The zero-order chi connectivity index (χ0) is 14.7. The average Bonchev–Trinajstić information content (AvgIpc) is 2.74. The summed E-state index contributed by atoms with van der Waals surface area (Å²) in [6, 6.07) is 7.43. The molecule has 1 heterocycles. The molecule has 0 bridgehead atoms. The van der Waals surface area contributed by atoms with Gasteiger partial charge in [-0.25, -0.2) is 4.39 Å². The Hall–Kier alpha value is -2.19. The van der Waals surface area contributed by atoms with E-state index in [4.69, 9.17) is 0 Å². The molecule has 0 radical (unpaired) electrons. The summed E-state index contributed by atoms with van der Waals surface area (Å²) in [5.41, 5.74) is 1.84. The van der Waals surface area contributed by atoms with E-state index in [1.54, 1.807) is 0 Å². The molecule has 0 fully saturated rings. The summed E-state index contributed by atoms with van der Waals surface area (Å²) >= 11 is 1.39. The van der Waals surface area contributed by atoms with Crippen LogP contribution >= 0.6 is 11.3 Å². The minimum Gasteiger partial charge on any atom is -0.312 e. The lowest BCUT2D eigenvalue weighted by Crippen LogP contribution is -2.11. The summed E-state index contributed by atoms with van der Waals surface area (Å²) in [7, 11) is 0. The van der Waals surface area contributed by atoms with Crippen LogP contribution in [0.2, 0.25) is 0 Å². The van der Waals surface area contributed by atoms with Crippen molar-refractivity contribution < 1.29 is 9.18 Å².